The lowest BCUT2D eigenvalue weighted by atomic mass is 9.90. The van der Waals surface area contributed by atoms with E-state index in [1.807, 2.05) is 6.92 Å². The predicted octanol–water partition coefficient (Wildman–Crippen LogP) is 4.52. The first kappa shape index (κ1) is 19.6. The van der Waals surface area contributed by atoms with Crippen molar-refractivity contribution >= 4 is 38.6 Å². The summed E-state index contributed by atoms with van der Waals surface area (Å²) in [6.07, 6.45) is 1.56. The lowest BCUT2D eigenvalue weighted by Crippen LogP contribution is -2.32. The van der Waals surface area contributed by atoms with E-state index in [4.69, 9.17) is 16.3 Å². The van der Waals surface area contributed by atoms with Crippen LogP contribution in [0.3, 0.4) is 0 Å². The Morgan fingerprint density at radius 3 is 2.22 bits per heavy atom. The number of halogens is 2. The van der Waals surface area contributed by atoms with Gasteiger partial charge < -0.3 is 4.74 Å². The first-order chi connectivity index (χ1) is 12.6. The molecule has 2 aromatic carbocycles. The molecule has 0 amide bonds. The molecule has 0 aromatic heterocycles. The molecular weight excluding hydrogens is 391 g/mol. The van der Waals surface area contributed by atoms with E-state index in [1.54, 1.807) is 19.1 Å². The van der Waals surface area contributed by atoms with E-state index in [0.29, 0.717) is 28.9 Å². The fraction of sp³-hybridized carbons (Fsp3) is 0.250. The molecule has 142 valence electrons. The fourth-order valence-electron chi connectivity index (χ4n) is 2.89. The normalized spacial score (nSPS) is 20.1. The van der Waals surface area contributed by atoms with Crippen molar-refractivity contribution in [1.82, 2.24) is 0 Å². The van der Waals surface area contributed by atoms with Crippen molar-refractivity contribution in [3.05, 3.63) is 64.4 Å². The molecule has 0 saturated heterocycles. The van der Waals surface area contributed by atoms with E-state index < -0.39 is 21.3 Å². The number of benzene rings is 2. The molecule has 2 aromatic rings. The fourth-order valence-corrected chi connectivity index (χ4v) is 3.70. The van der Waals surface area contributed by atoms with Crippen LogP contribution in [-0.2, 0) is 19.4 Å². The van der Waals surface area contributed by atoms with E-state index in [-0.39, 0.29) is 15.7 Å². The Morgan fingerprint density at radius 2 is 1.70 bits per heavy atom. The van der Waals surface area contributed by atoms with Gasteiger partial charge in [-0.3, -0.25) is 4.79 Å². The van der Waals surface area contributed by atoms with Gasteiger partial charge in [-0.05, 0) is 55.3 Å². The van der Waals surface area contributed by atoms with Gasteiger partial charge in [-0.15, -0.1) is 0 Å². The van der Waals surface area contributed by atoms with Crippen LogP contribution in [0, 0.1) is 5.82 Å². The molecule has 1 aliphatic rings. The summed E-state index contributed by atoms with van der Waals surface area (Å²) in [5.74, 6) is -0.480. The van der Waals surface area contributed by atoms with E-state index in [1.165, 1.54) is 30.3 Å². The molecular formula is C20H18ClFO4S. The number of ketones is 1. The quantitative estimate of drug-likeness (QED) is 0.746. The highest BCUT2D eigenvalue weighted by atomic mass is 35.5. The Bertz CT molecular complexity index is 1060. The molecule has 1 atom stereocenters. The van der Waals surface area contributed by atoms with Gasteiger partial charge in [-0.2, -0.15) is 0 Å². The highest BCUT2D eigenvalue weighted by Crippen LogP contribution is 2.43. The molecule has 27 heavy (non-hydrogen) atoms. The minimum atomic E-state index is -3.34. The second-order valence-corrected chi connectivity index (χ2v) is 9.07. The summed E-state index contributed by atoms with van der Waals surface area (Å²) in [4.78, 5) is 13.2. The summed E-state index contributed by atoms with van der Waals surface area (Å²) in [6, 6.07) is 10.2. The molecule has 0 bridgehead atoms. The van der Waals surface area contributed by atoms with Crippen LogP contribution in [0.2, 0.25) is 5.02 Å². The standard InChI is InChI=1S/C20H18ClFO4S/c1-4-20(2)19(23)17(13-7-10-16(22)15(21)11-13)18(26-20)12-5-8-14(9-6-12)27(3,24)25/h5-11H,4H2,1-3H3. The number of ether oxygens (including phenoxy) is 1. The van der Waals surface area contributed by atoms with Gasteiger partial charge in [-0.25, -0.2) is 12.8 Å². The number of Topliss-reactive ketones (excluding diaryl/α,β-unsaturated/α-hetero) is 1. The highest BCUT2D eigenvalue weighted by Gasteiger charge is 2.45. The van der Waals surface area contributed by atoms with Crippen LogP contribution in [0.15, 0.2) is 47.4 Å². The lowest BCUT2D eigenvalue weighted by Gasteiger charge is -2.21. The number of sulfone groups is 1. The third-order valence-corrected chi connectivity index (χ3v) is 6.11. The van der Waals surface area contributed by atoms with Crippen molar-refractivity contribution < 1.29 is 22.3 Å². The predicted molar refractivity (Wildman–Crippen MR) is 103 cm³/mol. The summed E-state index contributed by atoms with van der Waals surface area (Å²) in [5.41, 5.74) is 0.253. The molecule has 0 N–H and O–H groups in total. The van der Waals surface area contributed by atoms with Crippen LogP contribution >= 0.6 is 11.6 Å². The van der Waals surface area contributed by atoms with Crippen LogP contribution < -0.4 is 0 Å². The average molecular weight is 409 g/mol. The first-order valence-electron chi connectivity index (χ1n) is 8.31. The maximum Gasteiger partial charge on any atom is 0.210 e. The second kappa shape index (κ2) is 6.77. The summed E-state index contributed by atoms with van der Waals surface area (Å²) >= 11 is 5.89. The van der Waals surface area contributed by atoms with Crippen molar-refractivity contribution in [2.75, 3.05) is 6.26 Å². The minimum Gasteiger partial charge on any atom is -0.478 e. The van der Waals surface area contributed by atoms with Gasteiger partial charge in [0, 0.05) is 11.8 Å². The van der Waals surface area contributed by atoms with Crippen molar-refractivity contribution in [3.8, 4) is 0 Å². The largest absolute Gasteiger partial charge is 0.478 e. The lowest BCUT2D eigenvalue weighted by molar-refractivity contribution is -0.126. The summed E-state index contributed by atoms with van der Waals surface area (Å²) in [7, 11) is -3.34. The van der Waals surface area contributed by atoms with E-state index in [0.717, 1.165) is 6.26 Å². The smallest absolute Gasteiger partial charge is 0.210 e. The van der Waals surface area contributed by atoms with Crippen LogP contribution in [0.1, 0.15) is 31.4 Å². The zero-order chi connectivity index (χ0) is 20.0. The number of hydrogen-bond donors (Lipinski definition) is 0. The Kier molecular flexibility index (Phi) is 4.91. The van der Waals surface area contributed by atoms with Crippen molar-refractivity contribution in [2.45, 2.75) is 30.8 Å². The molecule has 0 spiro atoms. The van der Waals surface area contributed by atoms with Gasteiger partial charge in [0.15, 0.2) is 15.4 Å². The number of carbonyl (C=O) groups excluding carboxylic acids is 1. The Labute approximate surface area is 162 Å². The molecule has 0 saturated carbocycles. The molecule has 1 aliphatic heterocycles. The third-order valence-electron chi connectivity index (χ3n) is 4.69. The molecule has 0 aliphatic carbocycles. The van der Waals surface area contributed by atoms with Crippen LogP contribution in [0.5, 0.6) is 0 Å². The van der Waals surface area contributed by atoms with Gasteiger partial charge in [0.05, 0.1) is 15.5 Å². The number of rotatable bonds is 4. The molecule has 0 radical (unpaired) electrons. The number of carbonyl (C=O) groups is 1. The van der Waals surface area contributed by atoms with Gasteiger partial charge in [0.25, 0.3) is 0 Å². The maximum absolute atomic E-state index is 13.6. The van der Waals surface area contributed by atoms with Crippen molar-refractivity contribution in [1.29, 1.82) is 0 Å². The van der Waals surface area contributed by atoms with Crippen LogP contribution in [0.4, 0.5) is 4.39 Å². The van der Waals surface area contributed by atoms with E-state index >= 15 is 0 Å². The summed E-state index contributed by atoms with van der Waals surface area (Å²) in [6.45, 7) is 3.53. The van der Waals surface area contributed by atoms with Crippen LogP contribution in [0.25, 0.3) is 11.3 Å². The Morgan fingerprint density at radius 1 is 1.11 bits per heavy atom. The van der Waals surface area contributed by atoms with Crippen molar-refractivity contribution in [3.63, 3.8) is 0 Å². The third kappa shape index (κ3) is 3.51. The average Bonchev–Trinajstić information content (AvgIpc) is 2.89. The van der Waals surface area contributed by atoms with Gasteiger partial charge >= 0.3 is 0 Å². The van der Waals surface area contributed by atoms with Gasteiger partial charge in [0.2, 0.25) is 5.78 Å². The Balaban J connectivity index is 2.19. The zero-order valence-electron chi connectivity index (χ0n) is 15.0. The number of hydrogen-bond acceptors (Lipinski definition) is 4. The molecule has 7 heteroatoms. The van der Waals surface area contributed by atoms with E-state index in [9.17, 15) is 17.6 Å². The molecule has 1 unspecified atom stereocenters. The summed E-state index contributed by atoms with van der Waals surface area (Å²) < 4.78 is 42.9. The van der Waals surface area contributed by atoms with Crippen molar-refractivity contribution in [2.24, 2.45) is 0 Å². The minimum absolute atomic E-state index is 0.0929. The molecule has 1 heterocycles. The zero-order valence-corrected chi connectivity index (χ0v) is 16.6. The Hall–Kier alpha value is -2.18. The monoisotopic (exact) mass is 408 g/mol. The van der Waals surface area contributed by atoms with Gasteiger partial charge in [-0.1, -0.05) is 24.6 Å². The molecule has 0 fully saturated rings. The maximum atomic E-state index is 13.6. The highest BCUT2D eigenvalue weighted by molar-refractivity contribution is 7.90. The topological polar surface area (TPSA) is 60.4 Å². The molecule has 4 nitrogen and oxygen atoms in total. The SMILES string of the molecule is CCC1(C)OC(c2ccc(S(C)(=O)=O)cc2)=C(c2ccc(F)c(Cl)c2)C1=O. The molecule has 3 rings (SSSR count). The first-order valence-corrected chi connectivity index (χ1v) is 10.6. The van der Waals surface area contributed by atoms with E-state index in [2.05, 4.69) is 0 Å². The van der Waals surface area contributed by atoms with Crippen LogP contribution in [-0.4, -0.2) is 26.1 Å². The van der Waals surface area contributed by atoms with Gasteiger partial charge in [0.1, 0.15) is 11.6 Å². The summed E-state index contributed by atoms with van der Waals surface area (Å²) in [5, 5.41) is -0.0929. The second-order valence-electron chi connectivity index (χ2n) is 6.65.